The van der Waals surface area contributed by atoms with Crippen molar-refractivity contribution < 1.29 is 5.11 Å². The number of halogens is 2. The molecule has 2 unspecified atom stereocenters. The molecule has 4 heteroatoms. The second-order valence-corrected chi connectivity index (χ2v) is 7.95. The van der Waals surface area contributed by atoms with Crippen LogP contribution in [0.2, 0.25) is 10.0 Å². The van der Waals surface area contributed by atoms with Crippen LogP contribution in [0.1, 0.15) is 87.6 Å². The van der Waals surface area contributed by atoms with Gasteiger partial charge in [-0.05, 0) is 30.2 Å². The summed E-state index contributed by atoms with van der Waals surface area (Å²) in [6.07, 6.45) is 9.13. The molecular weight excluding hydrogens is 389 g/mol. The van der Waals surface area contributed by atoms with Crippen LogP contribution in [-0.2, 0) is 0 Å². The number of hydrogen-bond acceptors (Lipinski definition) is 2. The highest BCUT2D eigenvalue weighted by Crippen LogP contribution is 2.33. The van der Waals surface area contributed by atoms with Gasteiger partial charge in [0.25, 0.3) is 0 Å². The van der Waals surface area contributed by atoms with Crippen LogP contribution >= 0.6 is 23.2 Å². The normalized spacial score (nSPS) is 12.9. The van der Waals surface area contributed by atoms with Gasteiger partial charge in [-0.25, -0.2) is 0 Å². The molecule has 0 saturated heterocycles. The van der Waals surface area contributed by atoms with E-state index in [4.69, 9.17) is 23.2 Å². The van der Waals surface area contributed by atoms with Crippen molar-refractivity contribution in [3.63, 3.8) is 0 Å². The van der Waals surface area contributed by atoms with Crippen LogP contribution < -0.4 is 0 Å². The van der Waals surface area contributed by atoms with E-state index in [0.29, 0.717) is 10.0 Å². The van der Waals surface area contributed by atoms with Crippen LogP contribution in [0.25, 0.3) is 0 Å². The second kappa shape index (κ2) is 12.1. The number of nitrogens with zero attached hydrogens (tertiary/aromatic N) is 1. The highest BCUT2D eigenvalue weighted by molar-refractivity contribution is 6.35. The summed E-state index contributed by atoms with van der Waals surface area (Å²) >= 11 is 12.4. The van der Waals surface area contributed by atoms with E-state index in [2.05, 4.69) is 23.7 Å². The third kappa shape index (κ3) is 6.82. The topological polar surface area (TPSA) is 33.1 Å². The van der Waals surface area contributed by atoms with Gasteiger partial charge in [-0.2, -0.15) is 0 Å². The summed E-state index contributed by atoms with van der Waals surface area (Å²) in [5.74, 6) is 6.04. The van der Waals surface area contributed by atoms with Crippen molar-refractivity contribution in [2.45, 2.75) is 70.8 Å². The van der Waals surface area contributed by atoms with Gasteiger partial charge in [0.2, 0.25) is 0 Å². The summed E-state index contributed by atoms with van der Waals surface area (Å²) in [6, 6.07) is 9.16. The summed E-state index contributed by atoms with van der Waals surface area (Å²) < 4.78 is 0. The minimum Gasteiger partial charge on any atom is -0.376 e. The number of benzene rings is 1. The maximum absolute atomic E-state index is 10.6. The first-order valence-electron chi connectivity index (χ1n) is 10.1. The average Bonchev–Trinajstić information content (AvgIpc) is 2.69. The third-order valence-corrected chi connectivity index (χ3v) is 5.46. The molecular formula is C24H29Cl2NO. The van der Waals surface area contributed by atoms with Crippen LogP contribution in [0, 0.1) is 11.8 Å². The van der Waals surface area contributed by atoms with Crippen LogP contribution in [0.15, 0.2) is 36.5 Å². The summed E-state index contributed by atoms with van der Waals surface area (Å²) in [6.45, 7) is 4.25. The molecule has 0 aliphatic rings. The summed E-state index contributed by atoms with van der Waals surface area (Å²) in [7, 11) is 0. The minimum absolute atomic E-state index is 0.0732. The molecule has 1 aromatic carbocycles. The standard InChI is InChI=1S/C24H29Cl2NO/c1-3-4-5-6-7-8-9-10-13-23(28)21-12-11-16-27-24(21)18(2)20-15-14-19(25)17-22(20)26/h11-12,14-18,23,28H,3-9H2,1-2H3. The predicted molar refractivity (Wildman–Crippen MR) is 119 cm³/mol. The van der Waals surface area contributed by atoms with Crippen molar-refractivity contribution in [3.05, 3.63) is 63.4 Å². The fraction of sp³-hybridized carbons (Fsp3) is 0.458. The Hall–Kier alpha value is -1.53. The van der Waals surface area contributed by atoms with Gasteiger partial charge in [-0.1, -0.05) is 87.2 Å². The Morgan fingerprint density at radius 3 is 2.54 bits per heavy atom. The molecule has 0 aliphatic carbocycles. The zero-order valence-corrected chi connectivity index (χ0v) is 18.2. The average molecular weight is 418 g/mol. The number of unbranched alkanes of at least 4 members (excludes halogenated alkanes) is 6. The van der Waals surface area contributed by atoms with Gasteiger partial charge in [-0.15, -0.1) is 5.92 Å². The first-order chi connectivity index (χ1) is 13.5. The number of aromatic nitrogens is 1. The molecule has 2 aromatic rings. The van der Waals surface area contributed by atoms with Crippen LogP contribution in [0.4, 0.5) is 0 Å². The van der Waals surface area contributed by atoms with Crippen LogP contribution in [-0.4, -0.2) is 10.1 Å². The Kier molecular flexibility index (Phi) is 9.85. The van der Waals surface area contributed by atoms with E-state index < -0.39 is 6.10 Å². The first kappa shape index (κ1) is 22.8. The van der Waals surface area contributed by atoms with E-state index in [-0.39, 0.29) is 5.92 Å². The van der Waals surface area contributed by atoms with Crippen LogP contribution in [0.3, 0.4) is 0 Å². The van der Waals surface area contributed by atoms with Crippen molar-refractivity contribution >= 4 is 23.2 Å². The summed E-state index contributed by atoms with van der Waals surface area (Å²) in [4.78, 5) is 4.51. The van der Waals surface area contributed by atoms with Gasteiger partial charge in [-0.3, -0.25) is 4.98 Å². The molecule has 2 nitrogen and oxygen atoms in total. The van der Waals surface area contributed by atoms with E-state index in [0.717, 1.165) is 29.7 Å². The number of aliphatic hydroxyl groups is 1. The van der Waals surface area contributed by atoms with Crippen molar-refractivity contribution in [1.82, 2.24) is 4.98 Å². The second-order valence-electron chi connectivity index (χ2n) is 7.11. The predicted octanol–water partition coefficient (Wildman–Crippen LogP) is 7.33. The molecule has 1 N–H and O–H groups in total. The molecule has 1 aromatic heterocycles. The fourth-order valence-corrected chi connectivity index (χ4v) is 3.84. The van der Waals surface area contributed by atoms with Crippen molar-refractivity contribution in [1.29, 1.82) is 0 Å². The molecule has 0 radical (unpaired) electrons. The molecule has 28 heavy (non-hydrogen) atoms. The van der Waals surface area contributed by atoms with Gasteiger partial charge in [0.15, 0.2) is 0 Å². The van der Waals surface area contributed by atoms with E-state index in [9.17, 15) is 5.11 Å². The molecule has 0 aliphatic heterocycles. The summed E-state index contributed by atoms with van der Waals surface area (Å²) in [5, 5.41) is 11.8. The number of rotatable bonds is 9. The lowest BCUT2D eigenvalue weighted by molar-refractivity contribution is 0.236. The summed E-state index contributed by atoms with van der Waals surface area (Å²) in [5.41, 5.74) is 2.45. The lowest BCUT2D eigenvalue weighted by Crippen LogP contribution is -2.07. The Labute approximate surface area is 179 Å². The molecule has 2 rings (SSSR count). The molecule has 0 spiro atoms. The van der Waals surface area contributed by atoms with Crippen molar-refractivity contribution in [2.75, 3.05) is 0 Å². The quantitative estimate of drug-likeness (QED) is 0.342. The number of pyridine rings is 1. The molecule has 1 heterocycles. The SMILES string of the molecule is CCCCCCCCC#CC(O)c1cccnc1C(C)c1ccc(Cl)cc1Cl. The lowest BCUT2D eigenvalue weighted by Gasteiger charge is -2.18. The zero-order valence-electron chi connectivity index (χ0n) is 16.7. The molecule has 0 saturated carbocycles. The van der Waals surface area contributed by atoms with Gasteiger partial charge in [0, 0.05) is 34.1 Å². The molecule has 0 bridgehead atoms. The van der Waals surface area contributed by atoms with Gasteiger partial charge < -0.3 is 5.11 Å². The van der Waals surface area contributed by atoms with E-state index in [1.54, 1.807) is 12.3 Å². The minimum atomic E-state index is -0.850. The Bertz CT molecular complexity index is 810. The first-order valence-corrected chi connectivity index (χ1v) is 10.9. The maximum atomic E-state index is 10.6. The molecule has 150 valence electrons. The Balaban J connectivity index is 2.04. The van der Waals surface area contributed by atoms with Crippen LogP contribution in [0.5, 0.6) is 0 Å². The molecule has 0 fully saturated rings. The fourth-order valence-electron chi connectivity index (χ4n) is 3.26. The Morgan fingerprint density at radius 1 is 1.04 bits per heavy atom. The highest BCUT2D eigenvalue weighted by Gasteiger charge is 2.20. The third-order valence-electron chi connectivity index (χ3n) is 4.90. The van der Waals surface area contributed by atoms with E-state index >= 15 is 0 Å². The monoisotopic (exact) mass is 417 g/mol. The number of aliphatic hydroxyl groups excluding tert-OH is 1. The molecule has 0 amide bonds. The number of hydrogen-bond donors (Lipinski definition) is 1. The van der Waals surface area contributed by atoms with Gasteiger partial charge >= 0.3 is 0 Å². The zero-order chi connectivity index (χ0) is 20.4. The Morgan fingerprint density at radius 2 is 1.79 bits per heavy atom. The van der Waals surface area contributed by atoms with Crippen molar-refractivity contribution in [2.24, 2.45) is 0 Å². The molecule has 2 atom stereocenters. The smallest absolute Gasteiger partial charge is 0.142 e. The highest BCUT2D eigenvalue weighted by atomic mass is 35.5. The van der Waals surface area contributed by atoms with E-state index in [1.165, 1.54) is 32.1 Å². The van der Waals surface area contributed by atoms with Gasteiger partial charge in [0.1, 0.15) is 6.10 Å². The largest absolute Gasteiger partial charge is 0.376 e. The van der Waals surface area contributed by atoms with Gasteiger partial charge in [0.05, 0.1) is 5.69 Å². The lowest BCUT2D eigenvalue weighted by atomic mass is 9.92. The van der Waals surface area contributed by atoms with Crippen molar-refractivity contribution in [3.8, 4) is 11.8 Å². The van der Waals surface area contributed by atoms with E-state index in [1.807, 2.05) is 31.2 Å². The maximum Gasteiger partial charge on any atom is 0.142 e.